The average molecular weight is 330 g/mol. The van der Waals surface area contributed by atoms with Crippen molar-refractivity contribution >= 4 is 11.8 Å². The highest BCUT2D eigenvalue weighted by Crippen LogP contribution is 2.15. The number of amides is 2. The van der Waals surface area contributed by atoms with Gasteiger partial charge in [0, 0.05) is 38.7 Å². The molecular formula is C16H18N4O4. The van der Waals surface area contributed by atoms with Gasteiger partial charge in [0.05, 0.1) is 7.11 Å². The van der Waals surface area contributed by atoms with Gasteiger partial charge >= 0.3 is 11.8 Å². The quantitative estimate of drug-likeness (QED) is 0.834. The second kappa shape index (κ2) is 6.69. The zero-order chi connectivity index (χ0) is 17.1. The largest absolute Gasteiger partial charge is 0.497 e. The fourth-order valence-corrected chi connectivity index (χ4v) is 2.55. The van der Waals surface area contributed by atoms with Crippen LogP contribution in [-0.4, -0.2) is 65.1 Å². The molecule has 1 aromatic carbocycles. The van der Waals surface area contributed by atoms with Gasteiger partial charge in [0.15, 0.2) is 0 Å². The zero-order valence-electron chi connectivity index (χ0n) is 13.6. The maximum Gasteiger partial charge on any atom is 0.311 e. The predicted molar refractivity (Wildman–Crippen MR) is 83.8 cm³/mol. The fraction of sp³-hybridized carbons (Fsp3) is 0.375. The van der Waals surface area contributed by atoms with Crippen LogP contribution in [0.25, 0.3) is 0 Å². The molecule has 2 aromatic rings. The lowest BCUT2D eigenvalue weighted by atomic mass is 10.1. The van der Waals surface area contributed by atoms with E-state index in [-0.39, 0.29) is 17.7 Å². The molecule has 126 valence electrons. The van der Waals surface area contributed by atoms with Gasteiger partial charge in [-0.1, -0.05) is 0 Å². The Morgan fingerprint density at radius 2 is 1.58 bits per heavy atom. The maximum absolute atomic E-state index is 12.5. The topological polar surface area (TPSA) is 88.8 Å². The Hall–Kier alpha value is -2.90. The monoisotopic (exact) mass is 330 g/mol. The molecule has 0 aliphatic carbocycles. The Morgan fingerprint density at radius 3 is 2.08 bits per heavy atom. The zero-order valence-corrected chi connectivity index (χ0v) is 13.6. The molecule has 0 saturated carbocycles. The molecule has 0 spiro atoms. The van der Waals surface area contributed by atoms with Gasteiger partial charge in [-0.2, -0.15) is 0 Å². The normalized spacial score (nSPS) is 14.6. The van der Waals surface area contributed by atoms with Crippen LogP contribution in [0.4, 0.5) is 0 Å². The van der Waals surface area contributed by atoms with Gasteiger partial charge in [-0.3, -0.25) is 9.59 Å². The van der Waals surface area contributed by atoms with E-state index in [1.807, 2.05) is 0 Å². The summed E-state index contributed by atoms with van der Waals surface area (Å²) >= 11 is 0. The average Bonchev–Trinajstić information content (AvgIpc) is 3.07. The summed E-state index contributed by atoms with van der Waals surface area (Å²) in [6, 6.07) is 6.98. The molecule has 0 N–H and O–H groups in total. The molecule has 1 aromatic heterocycles. The van der Waals surface area contributed by atoms with Gasteiger partial charge in [0.1, 0.15) is 5.75 Å². The smallest absolute Gasteiger partial charge is 0.311 e. The minimum atomic E-state index is -0.299. The van der Waals surface area contributed by atoms with Crippen molar-refractivity contribution in [2.45, 2.75) is 6.92 Å². The summed E-state index contributed by atoms with van der Waals surface area (Å²) in [6.45, 7) is 3.42. The first-order valence-electron chi connectivity index (χ1n) is 7.61. The van der Waals surface area contributed by atoms with E-state index >= 15 is 0 Å². The fourth-order valence-electron chi connectivity index (χ4n) is 2.55. The Labute approximate surface area is 139 Å². The summed E-state index contributed by atoms with van der Waals surface area (Å²) in [6.07, 6.45) is 0. The van der Waals surface area contributed by atoms with E-state index in [0.29, 0.717) is 43.4 Å². The van der Waals surface area contributed by atoms with Gasteiger partial charge in [0.2, 0.25) is 5.89 Å². The van der Waals surface area contributed by atoms with Crippen molar-refractivity contribution in [1.82, 2.24) is 20.0 Å². The number of carbonyl (C=O) groups is 2. The van der Waals surface area contributed by atoms with Crippen LogP contribution in [0, 0.1) is 6.92 Å². The Kier molecular flexibility index (Phi) is 4.45. The standard InChI is InChI=1S/C16H18N4O4/c1-11-17-18-14(24-11)16(22)20-9-7-19(8-10-20)15(21)12-3-5-13(23-2)6-4-12/h3-6H,7-10H2,1-2H3. The van der Waals surface area contributed by atoms with E-state index in [1.54, 1.807) is 48.1 Å². The summed E-state index contributed by atoms with van der Waals surface area (Å²) in [5, 5.41) is 7.40. The third kappa shape index (κ3) is 3.22. The Morgan fingerprint density at radius 1 is 1.00 bits per heavy atom. The molecule has 0 bridgehead atoms. The highest BCUT2D eigenvalue weighted by molar-refractivity contribution is 5.95. The number of hydrogen-bond acceptors (Lipinski definition) is 6. The number of aryl methyl sites for hydroxylation is 1. The second-order valence-corrected chi connectivity index (χ2v) is 5.44. The SMILES string of the molecule is COc1ccc(C(=O)N2CCN(C(=O)c3nnc(C)o3)CC2)cc1. The minimum Gasteiger partial charge on any atom is -0.497 e. The van der Waals surface area contributed by atoms with Crippen molar-refractivity contribution in [2.24, 2.45) is 0 Å². The summed E-state index contributed by atoms with van der Waals surface area (Å²) < 4.78 is 10.2. The third-order valence-corrected chi connectivity index (χ3v) is 3.90. The number of piperazine rings is 1. The molecule has 3 rings (SSSR count). The molecule has 1 saturated heterocycles. The van der Waals surface area contributed by atoms with Crippen LogP contribution in [0.5, 0.6) is 5.75 Å². The molecule has 8 nitrogen and oxygen atoms in total. The van der Waals surface area contributed by atoms with Gasteiger partial charge in [-0.15, -0.1) is 10.2 Å². The molecule has 24 heavy (non-hydrogen) atoms. The lowest BCUT2D eigenvalue weighted by Gasteiger charge is -2.34. The Balaban J connectivity index is 1.59. The lowest BCUT2D eigenvalue weighted by Crippen LogP contribution is -2.50. The number of nitrogens with zero attached hydrogens (tertiary/aromatic N) is 4. The number of ether oxygens (including phenoxy) is 1. The van der Waals surface area contributed by atoms with E-state index in [0.717, 1.165) is 0 Å². The predicted octanol–water partition coefficient (Wildman–Crippen LogP) is 0.985. The second-order valence-electron chi connectivity index (χ2n) is 5.44. The summed E-state index contributed by atoms with van der Waals surface area (Å²) in [5.74, 6) is 0.691. The minimum absolute atomic E-state index is 0.0116. The Bertz CT molecular complexity index is 733. The van der Waals surface area contributed by atoms with Crippen LogP contribution in [0.2, 0.25) is 0 Å². The van der Waals surface area contributed by atoms with Crippen LogP contribution >= 0.6 is 0 Å². The van der Waals surface area contributed by atoms with Crippen LogP contribution < -0.4 is 4.74 Å². The first kappa shape index (κ1) is 16.0. The van der Waals surface area contributed by atoms with Gasteiger partial charge < -0.3 is 19.0 Å². The van der Waals surface area contributed by atoms with Gasteiger partial charge in [0.25, 0.3) is 5.91 Å². The number of carbonyl (C=O) groups excluding carboxylic acids is 2. The van der Waals surface area contributed by atoms with Crippen LogP contribution in [0.3, 0.4) is 0 Å². The van der Waals surface area contributed by atoms with E-state index in [1.165, 1.54) is 0 Å². The van der Waals surface area contributed by atoms with Crippen molar-refractivity contribution < 1.29 is 18.7 Å². The molecule has 1 aliphatic heterocycles. The third-order valence-electron chi connectivity index (χ3n) is 3.90. The van der Waals surface area contributed by atoms with Crippen molar-refractivity contribution in [3.05, 3.63) is 41.6 Å². The van der Waals surface area contributed by atoms with Crippen molar-refractivity contribution in [3.8, 4) is 5.75 Å². The highest BCUT2D eigenvalue weighted by atomic mass is 16.5. The van der Waals surface area contributed by atoms with Crippen molar-refractivity contribution in [3.63, 3.8) is 0 Å². The molecule has 1 fully saturated rings. The lowest BCUT2D eigenvalue weighted by molar-refractivity contribution is 0.0512. The van der Waals surface area contributed by atoms with Crippen LogP contribution in [0.1, 0.15) is 26.9 Å². The molecule has 0 atom stereocenters. The maximum atomic E-state index is 12.5. The van der Waals surface area contributed by atoms with Crippen molar-refractivity contribution in [2.75, 3.05) is 33.3 Å². The number of rotatable bonds is 3. The van der Waals surface area contributed by atoms with Crippen LogP contribution in [0.15, 0.2) is 28.7 Å². The molecule has 2 amide bonds. The molecule has 1 aliphatic rings. The number of methoxy groups -OCH3 is 1. The number of hydrogen-bond donors (Lipinski definition) is 0. The molecule has 2 heterocycles. The molecule has 0 radical (unpaired) electrons. The van der Waals surface area contributed by atoms with E-state index in [2.05, 4.69) is 10.2 Å². The van der Waals surface area contributed by atoms with E-state index < -0.39 is 0 Å². The van der Waals surface area contributed by atoms with Gasteiger partial charge in [-0.05, 0) is 24.3 Å². The van der Waals surface area contributed by atoms with Gasteiger partial charge in [-0.25, -0.2) is 0 Å². The first-order valence-corrected chi connectivity index (χ1v) is 7.61. The van der Waals surface area contributed by atoms with E-state index in [9.17, 15) is 9.59 Å². The molecule has 8 heteroatoms. The summed E-state index contributed by atoms with van der Waals surface area (Å²) in [7, 11) is 1.58. The first-order chi connectivity index (χ1) is 11.6. The summed E-state index contributed by atoms with van der Waals surface area (Å²) in [5.41, 5.74) is 0.600. The highest BCUT2D eigenvalue weighted by Gasteiger charge is 2.28. The van der Waals surface area contributed by atoms with Crippen molar-refractivity contribution in [1.29, 1.82) is 0 Å². The van der Waals surface area contributed by atoms with E-state index in [4.69, 9.17) is 9.15 Å². The number of aromatic nitrogens is 2. The molecular weight excluding hydrogens is 312 g/mol. The number of benzene rings is 1. The van der Waals surface area contributed by atoms with Crippen LogP contribution in [-0.2, 0) is 0 Å². The molecule has 0 unspecified atom stereocenters. The summed E-state index contributed by atoms with van der Waals surface area (Å²) in [4.78, 5) is 28.1.